The number of amides is 1. The minimum Gasteiger partial charge on any atom is -0.356 e. The maximum Gasteiger partial charge on any atom is 0.243 e. The van der Waals surface area contributed by atoms with Gasteiger partial charge < -0.3 is 15.5 Å². The summed E-state index contributed by atoms with van der Waals surface area (Å²) in [5, 5.41) is 8.85. The first-order chi connectivity index (χ1) is 12.9. The molecular formula is C21H31IN4OS. The highest BCUT2D eigenvalue weighted by atomic mass is 127. The van der Waals surface area contributed by atoms with E-state index in [0.717, 1.165) is 19.5 Å². The molecule has 0 saturated carbocycles. The summed E-state index contributed by atoms with van der Waals surface area (Å²) in [6, 6.07) is 14.6. The molecule has 28 heavy (non-hydrogen) atoms. The average Bonchev–Trinajstić information content (AvgIpc) is 3.19. The normalized spacial score (nSPS) is 11.5. The molecule has 0 bridgehead atoms. The third-order valence-electron chi connectivity index (χ3n) is 4.31. The summed E-state index contributed by atoms with van der Waals surface area (Å²) in [7, 11) is 3.49. The molecule has 0 fully saturated rings. The lowest BCUT2D eigenvalue weighted by molar-refractivity contribution is -0.127. The van der Waals surface area contributed by atoms with Gasteiger partial charge in [0.05, 0.1) is 0 Å². The molecule has 2 aromatic rings. The summed E-state index contributed by atoms with van der Waals surface area (Å²) in [5.74, 6) is 0.655. The van der Waals surface area contributed by atoms with Gasteiger partial charge in [0.2, 0.25) is 5.91 Å². The van der Waals surface area contributed by atoms with E-state index in [0.29, 0.717) is 5.96 Å². The summed E-state index contributed by atoms with van der Waals surface area (Å²) in [6.07, 6.45) is 0.900. The van der Waals surface area contributed by atoms with E-state index in [9.17, 15) is 4.79 Å². The SMILES string of the molecule is CN(C)C(=O)CN=C(NCCc1ccccc1)NCC(C)(C)c1cccs1.I. The van der Waals surface area contributed by atoms with Crippen LogP contribution in [-0.4, -0.2) is 50.5 Å². The number of carbonyl (C=O) groups excluding carboxylic acids is 1. The zero-order valence-electron chi connectivity index (χ0n) is 17.1. The lowest BCUT2D eigenvalue weighted by Crippen LogP contribution is -2.44. The fraction of sp³-hybridized carbons (Fsp3) is 0.429. The zero-order chi connectivity index (χ0) is 19.7. The summed E-state index contributed by atoms with van der Waals surface area (Å²) < 4.78 is 0. The molecular weight excluding hydrogens is 483 g/mol. The van der Waals surface area contributed by atoms with E-state index < -0.39 is 0 Å². The van der Waals surface area contributed by atoms with Crippen LogP contribution in [-0.2, 0) is 16.6 Å². The molecule has 1 heterocycles. The van der Waals surface area contributed by atoms with E-state index in [4.69, 9.17) is 0 Å². The molecule has 2 N–H and O–H groups in total. The van der Waals surface area contributed by atoms with Crippen LogP contribution in [0.5, 0.6) is 0 Å². The number of hydrogen-bond donors (Lipinski definition) is 2. The molecule has 0 aliphatic heterocycles. The molecule has 0 saturated heterocycles. The molecule has 1 amide bonds. The largest absolute Gasteiger partial charge is 0.356 e. The van der Waals surface area contributed by atoms with Crippen molar-refractivity contribution in [2.75, 3.05) is 33.7 Å². The molecule has 154 valence electrons. The molecule has 5 nitrogen and oxygen atoms in total. The van der Waals surface area contributed by atoms with E-state index >= 15 is 0 Å². The molecule has 2 rings (SSSR count). The Labute approximate surface area is 189 Å². The quantitative estimate of drug-likeness (QED) is 0.322. The van der Waals surface area contributed by atoms with Gasteiger partial charge in [0.1, 0.15) is 6.54 Å². The lowest BCUT2D eigenvalue weighted by atomic mass is 9.91. The van der Waals surface area contributed by atoms with E-state index in [1.807, 2.05) is 18.2 Å². The minimum atomic E-state index is -0.0170. The fourth-order valence-corrected chi connectivity index (χ4v) is 3.34. The number of likely N-dealkylation sites (N-methyl/N-ethyl adjacent to an activating group) is 1. The fourth-order valence-electron chi connectivity index (χ4n) is 2.49. The smallest absolute Gasteiger partial charge is 0.243 e. The van der Waals surface area contributed by atoms with Crippen LogP contribution in [0.25, 0.3) is 0 Å². The van der Waals surface area contributed by atoms with Crippen molar-refractivity contribution < 1.29 is 4.79 Å². The molecule has 0 unspecified atom stereocenters. The lowest BCUT2D eigenvalue weighted by Gasteiger charge is -2.25. The van der Waals surface area contributed by atoms with Gasteiger partial charge in [-0.2, -0.15) is 0 Å². The van der Waals surface area contributed by atoms with Crippen LogP contribution in [0, 0.1) is 0 Å². The number of guanidine groups is 1. The van der Waals surface area contributed by atoms with Crippen molar-refractivity contribution in [2.45, 2.75) is 25.7 Å². The Kier molecular flexibility index (Phi) is 10.5. The van der Waals surface area contributed by atoms with Crippen molar-refractivity contribution >= 4 is 47.2 Å². The summed E-state index contributed by atoms with van der Waals surface area (Å²) in [6.45, 7) is 6.04. The predicted octanol–water partition coefficient (Wildman–Crippen LogP) is 3.51. The van der Waals surface area contributed by atoms with Gasteiger partial charge in [-0.1, -0.05) is 50.2 Å². The van der Waals surface area contributed by atoms with Gasteiger partial charge in [-0.25, -0.2) is 4.99 Å². The van der Waals surface area contributed by atoms with E-state index in [-0.39, 0.29) is 41.8 Å². The van der Waals surface area contributed by atoms with Crippen molar-refractivity contribution in [3.05, 3.63) is 58.3 Å². The Morgan fingerprint density at radius 2 is 1.82 bits per heavy atom. The van der Waals surface area contributed by atoms with Crippen molar-refractivity contribution in [3.8, 4) is 0 Å². The summed E-state index contributed by atoms with van der Waals surface area (Å²) in [5.41, 5.74) is 1.26. The van der Waals surface area contributed by atoms with Crippen molar-refractivity contribution in [1.29, 1.82) is 0 Å². The van der Waals surface area contributed by atoms with Crippen LogP contribution in [0.3, 0.4) is 0 Å². The van der Waals surface area contributed by atoms with Crippen LogP contribution in [0.4, 0.5) is 0 Å². The number of rotatable bonds is 8. The monoisotopic (exact) mass is 514 g/mol. The maximum absolute atomic E-state index is 11.9. The minimum absolute atomic E-state index is 0. The van der Waals surface area contributed by atoms with Gasteiger partial charge >= 0.3 is 0 Å². The van der Waals surface area contributed by atoms with Crippen LogP contribution in [0.1, 0.15) is 24.3 Å². The number of halogens is 1. The van der Waals surface area contributed by atoms with Gasteiger partial charge in [-0.05, 0) is 23.4 Å². The van der Waals surface area contributed by atoms with Crippen molar-refractivity contribution in [1.82, 2.24) is 15.5 Å². The summed E-state index contributed by atoms with van der Waals surface area (Å²) in [4.78, 5) is 19.2. The highest BCUT2D eigenvalue weighted by Crippen LogP contribution is 2.26. The van der Waals surface area contributed by atoms with Gasteiger partial charge in [-0.15, -0.1) is 35.3 Å². The molecule has 0 spiro atoms. The van der Waals surface area contributed by atoms with Crippen LogP contribution < -0.4 is 10.6 Å². The van der Waals surface area contributed by atoms with Crippen LogP contribution in [0.2, 0.25) is 0 Å². The first-order valence-electron chi connectivity index (χ1n) is 9.19. The Hall–Kier alpha value is -1.61. The highest BCUT2D eigenvalue weighted by Gasteiger charge is 2.22. The van der Waals surface area contributed by atoms with Crippen LogP contribution >= 0.6 is 35.3 Å². The predicted molar refractivity (Wildman–Crippen MR) is 130 cm³/mol. The number of benzene rings is 1. The van der Waals surface area contributed by atoms with Crippen molar-refractivity contribution in [3.63, 3.8) is 0 Å². The molecule has 0 atom stereocenters. The number of nitrogens with zero attached hydrogens (tertiary/aromatic N) is 2. The Morgan fingerprint density at radius 1 is 1.11 bits per heavy atom. The van der Waals surface area contributed by atoms with E-state index in [2.05, 4.69) is 59.1 Å². The standard InChI is InChI=1S/C21H30N4OS.HI/c1-21(2,18-11-8-14-27-18)16-24-20(23-15-19(26)25(3)4)22-13-12-17-9-6-5-7-10-17;/h5-11,14H,12-13,15-16H2,1-4H3,(H2,22,23,24);1H. The zero-order valence-corrected chi connectivity index (χ0v) is 20.2. The molecule has 7 heteroatoms. The number of thiophene rings is 1. The Balaban J connectivity index is 0.00000392. The maximum atomic E-state index is 11.9. The van der Waals surface area contributed by atoms with E-state index in [1.165, 1.54) is 10.4 Å². The van der Waals surface area contributed by atoms with Crippen molar-refractivity contribution in [2.24, 2.45) is 4.99 Å². The number of aliphatic imine (C=N–C) groups is 1. The second-order valence-electron chi connectivity index (χ2n) is 7.33. The Bertz CT molecular complexity index is 730. The summed E-state index contributed by atoms with van der Waals surface area (Å²) >= 11 is 1.76. The average molecular weight is 514 g/mol. The molecule has 1 aromatic heterocycles. The third-order valence-corrected chi connectivity index (χ3v) is 5.54. The molecule has 1 aromatic carbocycles. The second-order valence-corrected chi connectivity index (χ2v) is 8.28. The molecule has 0 aliphatic rings. The van der Waals surface area contributed by atoms with Gasteiger partial charge in [-0.3, -0.25) is 4.79 Å². The number of hydrogen-bond acceptors (Lipinski definition) is 3. The van der Waals surface area contributed by atoms with Gasteiger partial charge in [0, 0.05) is 37.5 Å². The van der Waals surface area contributed by atoms with Crippen LogP contribution in [0.15, 0.2) is 52.8 Å². The van der Waals surface area contributed by atoms with Gasteiger partial charge in [0.15, 0.2) is 5.96 Å². The third kappa shape index (κ3) is 8.18. The topological polar surface area (TPSA) is 56.7 Å². The number of carbonyl (C=O) groups is 1. The molecule has 0 radical (unpaired) electrons. The highest BCUT2D eigenvalue weighted by molar-refractivity contribution is 14.0. The van der Waals surface area contributed by atoms with E-state index in [1.54, 1.807) is 30.3 Å². The Morgan fingerprint density at radius 3 is 2.43 bits per heavy atom. The second kappa shape index (κ2) is 12.1. The first kappa shape index (κ1) is 24.4. The van der Waals surface area contributed by atoms with Gasteiger partial charge in [0.25, 0.3) is 0 Å². The first-order valence-corrected chi connectivity index (χ1v) is 10.1. The molecule has 0 aliphatic carbocycles. The number of nitrogens with one attached hydrogen (secondary N) is 2.